The summed E-state index contributed by atoms with van der Waals surface area (Å²) in [5, 5.41) is 14.5. The number of anilines is 4. The van der Waals surface area contributed by atoms with E-state index in [-0.39, 0.29) is 17.3 Å². The van der Waals surface area contributed by atoms with E-state index in [9.17, 15) is 10.1 Å². The molecule has 138 valence electrons. The lowest BCUT2D eigenvalue weighted by Crippen LogP contribution is -2.35. The second kappa shape index (κ2) is 7.42. The van der Waals surface area contributed by atoms with Crippen molar-refractivity contribution < 1.29 is 9.66 Å². The van der Waals surface area contributed by atoms with E-state index < -0.39 is 4.92 Å². The van der Waals surface area contributed by atoms with E-state index in [2.05, 4.69) is 22.2 Å². The van der Waals surface area contributed by atoms with E-state index in [1.807, 2.05) is 11.0 Å². The minimum Gasteiger partial charge on any atom is -0.495 e. The Balaban J connectivity index is 2.02. The molecule has 3 N–H and O–H groups in total. The van der Waals surface area contributed by atoms with Crippen LogP contribution in [-0.2, 0) is 0 Å². The first kappa shape index (κ1) is 17.7. The number of nitrogens with two attached hydrogens (primary N) is 1. The summed E-state index contributed by atoms with van der Waals surface area (Å²) >= 11 is 0. The fraction of sp³-hybridized carbons (Fsp3) is 0.412. The van der Waals surface area contributed by atoms with Crippen molar-refractivity contribution in [2.75, 3.05) is 36.1 Å². The Morgan fingerprint density at radius 3 is 2.85 bits per heavy atom. The van der Waals surface area contributed by atoms with E-state index in [0.717, 1.165) is 25.9 Å². The minimum atomic E-state index is -0.574. The normalized spacial score (nSPS) is 17.0. The predicted molar refractivity (Wildman–Crippen MR) is 100.0 cm³/mol. The Morgan fingerprint density at radius 1 is 1.38 bits per heavy atom. The van der Waals surface area contributed by atoms with E-state index in [4.69, 9.17) is 10.5 Å². The average molecular weight is 358 g/mol. The molecule has 1 aromatic heterocycles. The highest BCUT2D eigenvalue weighted by Crippen LogP contribution is 2.35. The van der Waals surface area contributed by atoms with Gasteiger partial charge < -0.3 is 20.7 Å². The van der Waals surface area contributed by atoms with Gasteiger partial charge in [0.15, 0.2) is 0 Å². The molecule has 1 saturated heterocycles. The zero-order valence-corrected chi connectivity index (χ0v) is 14.8. The number of nitrogen functional groups attached to an aromatic ring is 1. The summed E-state index contributed by atoms with van der Waals surface area (Å²) in [6, 6.07) is 7.12. The summed E-state index contributed by atoms with van der Waals surface area (Å²) in [6.45, 7) is 3.76. The van der Waals surface area contributed by atoms with Gasteiger partial charge in [-0.15, -0.1) is 0 Å². The molecule has 0 spiro atoms. The van der Waals surface area contributed by atoms with Crippen molar-refractivity contribution in [3.8, 4) is 5.75 Å². The van der Waals surface area contributed by atoms with E-state index in [1.54, 1.807) is 18.2 Å². The summed E-state index contributed by atoms with van der Waals surface area (Å²) in [6.07, 6.45) is 2.17. The highest BCUT2D eigenvalue weighted by molar-refractivity contribution is 5.76. The zero-order valence-electron chi connectivity index (χ0n) is 14.8. The molecule has 0 bridgehead atoms. The maximum Gasteiger partial charge on any atom is 0.353 e. The van der Waals surface area contributed by atoms with Crippen LogP contribution in [0.2, 0.25) is 0 Å². The fourth-order valence-electron chi connectivity index (χ4n) is 3.12. The van der Waals surface area contributed by atoms with Gasteiger partial charge in [0.1, 0.15) is 5.75 Å². The smallest absolute Gasteiger partial charge is 0.353 e. The lowest BCUT2D eigenvalue weighted by Gasteiger charge is -2.31. The van der Waals surface area contributed by atoms with E-state index >= 15 is 0 Å². The molecule has 26 heavy (non-hydrogen) atoms. The Labute approximate surface area is 151 Å². The third-order valence-electron chi connectivity index (χ3n) is 4.38. The van der Waals surface area contributed by atoms with Crippen LogP contribution in [0.1, 0.15) is 19.8 Å². The topological polar surface area (TPSA) is 119 Å². The second-order valence-electron chi connectivity index (χ2n) is 6.38. The molecular weight excluding hydrogens is 336 g/mol. The average Bonchev–Trinajstić information content (AvgIpc) is 2.61. The lowest BCUT2D eigenvalue weighted by atomic mass is 10.0. The number of piperidine rings is 1. The molecule has 3 rings (SSSR count). The molecule has 2 heterocycles. The van der Waals surface area contributed by atoms with Crippen LogP contribution in [0.25, 0.3) is 0 Å². The number of aromatic nitrogens is 2. The summed E-state index contributed by atoms with van der Waals surface area (Å²) in [4.78, 5) is 21.5. The van der Waals surface area contributed by atoms with Crippen LogP contribution >= 0.6 is 0 Å². The van der Waals surface area contributed by atoms with Crippen molar-refractivity contribution in [1.29, 1.82) is 0 Å². The molecular formula is C17H22N6O3. The van der Waals surface area contributed by atoms with Crippen LogP contribution < -0.4 is 20.7 Å². The zero-order chi connectivity index (χ0) is 18.7. The predicted octanol–water partition coefficient (Wildman–Crippen LogP) is 2.96. The summed E-state index contributed by atoms with van der Waals surface area (Å²) in [5.74, 6) is 1.36. The standard InChI is InChI=1S/C17H22N6O3/c1-11-6-5-9-22(10-11)17-20-15(18)14(23(24)25)16(21-17)19-12-7-3-4-8-13(12)26-2/h3-4,7-8,11H,5-6,9-10H2,1-2H3,(H3,18,19,20,21). The van der Waals surface area contributed by atoms with E-state index in [0.29, 0.717) is 23.3 Å². The Bertz CT molecular complexity index is 813. The molecule has 1 aliphatic heterocycles. The molecule has 1 atom stereocenters. The lowest BCUT2D eigenvalue weighted by molar-refractivity contribution is -0.383. The number of nitro groups is 1. The third kappa shape index (κ3) is 3.61. The summed E-state index contributed by atoms with van der Waals surface area (Å²) in [7, 11) is 1.53. The van der Waals surface area contributed by atoms with Gasteiger partial charge in [-0.3, -0.25) is 10.1 Å². The van der Waals surface area contributed by atoms with Crippen LogP contribution in [0, 0.1) is 16.0 Å². The van der Waals surface area contributed by atoms with Crippen molar-refractivity contribution in [2.45, 2.75) is 19.8 Å². The Morgan fingerprint density at radius 2 is 2.15 bits per heavy atom. The van der Waals surface area contributed by atoms with Gasteiger partial charge in [0.25, 0.3) is 0 Å². The van der Waals surface area contributed by atoms with Gasteiger partial charge in [0, 0.05) is 13.1 Å². The number of hydrogen-bond donors (Lipinski definition) is 2. The number of ether oxygens (including phenoxy) is 1. The molecule has 1 aromatic carbocycles. The van der Waals surface area contributed by atoms with Crippen LogP contribution in [0.3, 0.4) is 0 Å². The molecule has 9 heteroatoms. The molecule has 2 aromatic rings. The SMILES string of the molecule is COc1ccccc1Nc1nc(N2CCCC(C)C2)nc(N)c1[N+](=O)[O-]. The monoisotopic (exact) mass is 358 g/mol. The number of hydrogen-bond acceptors (Lipinski definition) is 8. The molecule has 0 radical (unpaired) electrons. The number of benzene rings is 1. The van der Waals surface area contributed by atoms with Crippen LogP contribution in [0.5, 0.6) is 5.75 Å². The minimum absolute atomic E-state index is 0.0558. The Kier molecular flexibility index (Phi) is 5.06. The fourth-order valence-corrected chi connectivity index (χ4v) is 3.12. The molecule has 0 aliphatic carbocycles. The van der Waals surface area contributed by atoms with Gasteiger partial charge in [0.2, 0.25) is 17.6 Å². The maximum atomic E-state index is 11.5. The highest BCUT2D eigenvalue weighted by atomic mass is 16.6. The molecule has 1 fully saturated rings. The molecule has 9 nitrogen and oxygen atoms in total. The molecule has 0 amide bonds. The van der Waals surface area contributed by atoms with Gasteiger partial charge in [-0.25, -0.2) is 0 Å². The first-order chi connectivity index (χ1) is 12.5. The highest BCUT2D eigenvalue weighted by Gasteiger charge is 2.27. The molecule has 1 unspecified atom stereocenters. The third-order valence-corrected chi connectivity index (χ3v) is 4.38. The second-order valence-corrected chi connectivity index (χ2v) is 6.38. The van der Waals surface area contributed by atoms with Crippen LogP contribution in [0.4, 0.5) is 29.0 Å². The number of rotatable bonds is 5. The molecule has 0 saturated carbocycles. The number of nitrogens with one attached hydrogen (secondary N) is 1. The summed E-state index contributed by atoms with van der Waals surface area (Å²) < 4.78 is 5.29. The van der Waals surface area contributed by atoms with Gasteiger partial charge >= 0.3 is 5.69 Å². The number of methoxy groups -OCH3 is 1. The van der Waals surface area contributed by atoms with Gasteiger partial charge in [-0.1, -0.05) is 19.1 Å². The number of para-hydroxylation sites is 2. The van der Waals surface area contributed by atoms with Crippen molar-refractivity contribution in [2.24, 2.45) is 5.92 Å². The van der Waals surface area contributed by atoms with Gasteiger partial charge in [-0.2, -0.15) is 9.97 Å². The first-order valence-electron chi connectivity index (χ1n) is 8.46. The van der Waals surface area contributed by atoms with Crippen molar-refractivity contribution >= 4 is 29.0 Å². The first-order valence-corrected chi connectivity index (χ1v) is 8.46. The van der Waals surface area contributed by atoms with Crippen molar-refractivity contribution in [3.63, 3.8) is 0 Å². The van der Waals surface area contributed by atoms with Crippen molar-refractivity contribution in [3.05, 3.63) is 34.4 Å². The van der Waals surface area contributed by atoms with E-state index in [1.165, 1.54) is 7.11 Å². The quantitative estimate of drug-likeness (QED) is 0.618. The van der Waals surface area contributed by atoms with Gasteiger partial charge in [-0.05, 0) is 30.9 Å². The maximum absolute atomic E-state index is 11.5. The van der Waals surface area contributed by atoms with Crippen molar-refractivity contribution in [1.82, 2.24) is 9.97 Å². The summed E-state index contributed by atoms with van der Waals surface area (Å²) in [5.41, 5.74) is 6.12. The largest absolute Gasteiger partial charge is 0.495 e. The van der Waals surface area contributed by atoms with Crippen LogP contribution in [0.15, 0.2) is 24.3 Å². The molecule has 1 aliphatic rings. The Hall–Kier alpha value is -3.10. The van der Waals surface area contributed by atoms with Crippen LogP contribution in [-0.4, -0.2) is 35.1 Å². The number of nitrogens with zero attached hydrogens (tertiary/aromatic N) is 4. The van der Waals surface area contributed by atoms with Gasteiger partial charge in [0.05, 0.1) is 17.7 Å².